The van der Waals surface area contributed by atoms with E-state index < -0.39 is 19.8 Å². The van der Waals surface area contributed by atoms with Gasteiger partial charge in [0, 0.05) is 14.1 Å². The van der Waals surface area contributed by atoms with Gasteiger partial charge in [0.1, 0.15) is 11.1 Å². The van der Waals surface area contributed by atoms with Crippen LogP contribution in [0.15, 0.2) is 12.4 Å². The van der Waals surface area contributed by atoms with Gasteiger partial charge in [-0.2, -0.15) is 0 Å². The largest absolute Gasteiger partial charge is 0.443 e. The third-order valence-corrected chi connectivity index (χ3v) is 8.74. The van der Waals surface area contributed by atoms with E-state index in [1.807, 2.05) is 32.4 Å². The van der Waals surface area contributed by atoms with Crippen molar-refractivity contribution in [2.45, 2.75) is 46.0 Å². The number of thiophene rings is 1. The van der Waals surface area contributed by atoms with Crippen molar-refractivity contribution in [3.8, 4) is 0 Å². The molecule has 0 aromatic carbocycles. The summed E-state index contributed by atoms with van der Waals surface area (Å²) < 4.78 is 10.0. The predicted octanol–water partition coefficient (Wildman–Crippen LogP) is 4.10. The number of fused-ring (bicyclic) bond motifs is 3. The Bertz CT molecular complexity index is 995. The first kappa shape index (κ1) is 18.8. The van der Waals surface area contributed by atoms with Crippen molar-refractivity contribution in [3.63, 3.8) is 0 Å². The predicted molar refractivity (Wildman–Crippen MR) is 112 cm³/mol. The van der Waals surface area contributed by atoms with Gasteiger partial charge in [0.15, 0.2) is 5.82 Å². The summed E-state index contributed by atoms with van der Waals surface area (Å²) in [6.07, 6.45) is 1.34. The van der Waals surface area contributed by atoms with E-state index in [-0.39, 0.29) is 0 Å². The van der Waals surface area contributed by atoms with Crippen molar-refractivity contribution < 1.29 is 9.53 Å². The van der Waals surface area contributed by atoms with E-state index in [1.165, 1.54) is 9.40 Å². The lowest BCUT2D eigenvalue weighted by atomic mass is 10.2. The van der Waals surface area contributed by atoms with E-state index in [4.69, 9.17) is 9.72 Å². The zero-order valence-electron chi connectivity index (χ0n) is 16.7. The van der Waals surface area contributed by atoms with E-state index in [2.05, 4.69) is 30.7 Å². The summed E-state index contributed by atoms with van der Waals surface area (Å²) in [5, 5.41) is 0. The van der Waals surface area contributed by atoms with Crippen LogP contribution in [0.5, 0.6) is 0 Å². The van der Waals surface area contributed by atoms with Gasteiger partial charge in [-0.25, -0.2) is 14.8 Å². The second-order valence-corrected chi connectivity index (χ2v) is 15.1. The summed E-state index contributed by atoms with van der Waals surface area (Å²) in [6.45, 7) is 12.5. The van der Waals surface area contributed by atoms with Crippen LogP contribution in [0.4, 0.5) is 10.6 Å². The van der Waals surface area contributed by atoms with Crippen LogP contribution in [-0.4, -0.2) is 41.4 Å². The zero-order chi connectivity index (χ0) is 19.4. The Morgan fingerprint density at radius 3 is 2.54 bits per heavy atom. The van der Waals surface area contributed by atoms with E-state index >= 15 is 0 Å². The standard InChI is InChI=1S/C18H26N4O2SSi/c1-18(2,3)24-17(23)22(5)16-13-14(21(4)10-19-13)15-11(20-16)9-12(25-15)26(6,7)8/h9-10H,1-8H3. The number of nitrogens with zero attached hydrogens (tertiary/aromatic N) is 4. The van der Waals surface area contributed by atoms with Gasteiger partial charge in [-0.05, 0) is 31.3 Å². The SMILES string of the molecule is CN(C(=O)OC(C)(C)C)c1nc2cc([Si](C)(C)C)sc2c2c1ncn2C. The molecule has 0 radical (unpaired) electrons. The maximum atomic E-state index is 12.5. The van der Waals surface area contributed by atoms with E-state index in [9.17, 15) is 4.79 Å². The molecule has 0 atom stereocenters. The molecule has 0 spiro atoms. The number of carbonyl (C=O) groups excluding carboxylic acids is 1. The highest BCUT2D eigenvalue weighted by atomic mass is 32.1. The minimum Gasteiger partial charge on any atom is -0.443 e. The average molecular weight is 391 g/mol. The lowest BCUT2D eigenvalue weighted by molar-refractivity contribution is 0.0589. The molecule has 3 rings (SSSR count). The van der Waals surface area contributed by atoms with Crippen molar-refractivity contribution in [3.05, 3.63) is 12.4 Å². The lowest BCUT2D eigenvalue weighted by Gasteiger charge is -2.24. The number of ether oxygens (including phenoxy) is 1. The number of aromatic nitrogens is 3. The van der Waals surface area contributed by atoms with Crippen molar-refractivity contribution in [1.82, 2.24) is 14.5 Å². The monoisotopic (exact) mass is 390 g/mol. The molecule has 0 aliphatic heterocycles. The number of amides is 1. The summed E-state index contributed by atoms with van der Waals surface area (Å²) in [5.41, 5.74) is 2.08. The Morgan fingerprint density at radius 1 is 1.31 bits per heavy atom. The molecule has 0 saturated carbocycles. The molecule has 140 valence electrons. The Balaban J connectivity index is 2.20. The molecule has 8 heteroatoms. The number of hydrogen-bond acceptors (Lipinski definition) is 5. The van der Waals surface area contributed by atoms with E-state index in [0.717, 1.165) is 21.3 Å². The molecule has 0 aliphatic carbocycles. The molecular formula is C18H26N4O2SSi. The second kappa shape index (κ2) is 6.06. The molecule has 0 unspecified atom stereocenters. The van der Waals surface area contributed by atoms with Crippen molar-refractivity contribution in [1.29, 1.82) is 0 Å². The number of hydrogen-bond donors (Lipinski definition) is 0. The fourth-order valence-corrected chi connectivity index (χ4v) is 5.72. The molecule has 3 aromatic rings. The van der Waals surface area contributed by atoms with Gasteiger partial charge in [0.05, 0.1) is 30.1 Å². The Hall–Kier alpha value is -1.93. The lowest BCUT2D eigenvalue weighted by Crippen LogP contribution is -2.35. The number of aryl methyl sites for hydroxylation is 1. The molecule has 0 saturated heterocycles. The van der Waals surface area contributed by atoms with Crippen LogP contribution in [0.2, 0.25) is 19.6 Å². The molecule has 0 bridgehead atoms. The van der Waals surface area contributed by atoms with Gasteiger partial charge in [-0.15, -0.1) is 11.3 Å². The molecule has 3 heterocycles. The first-order valence-electron chi connectivity index (χ1n) is 8.60. The average Bonchev–Trinajstić information content (AvgIpc) is 3.07. The molecule has 0 aliphatic rings. The van der Waals surface area contributed by atoms with Crippen LogP contribution >= 0.6 is 11.3 Å². The summed E-state index contributed by atoms with van der Waals surface area (Å²) >= 11 is 1.80. The molecule has 0 fully saturated rings. The van der Waals surface area contributed by atoms with Gasteiger partial charge in [-0.3, -0.25) is 4.90 Å². The zero-order valence-corrected chi connectivity index (χ0v) is 18.5. The number of imidazole rings is 1. The fraction of sp³-hybridized carbons (Fsp3) is 0.500. The van der Waals surface area contributed by atoms with Crippen molar-refractivity contribution in [2.24, 2.45) is 7.05 Å². The fourth-order valence-electron chi connectivity index (χ4n) is 2.68. The molecule has 6 nitrogen and oxygen atoms in total. The maximum Gasteiger partial charge on any atom is 0.415 e. The van der Waals surface area contributed by atoms with Crippen LogP contribution in [0.1, 0.15) is 20.8 Å². The highest BCUT2D eigenvalue weighted by Gasteiger charge is 2.27. The van der Waals surface area contributed by atoms with Crippen LogP contribution in [0.3, 0.4) is 0 Å². The summed E-state index contributed by atoms with van der Waals surface area (Å²) in [4.78, 5) is 23.3. The molecule has 1 amide bonds. The minimum absolute atomic E-state index is 0.433. The van der Waals surface area contributed by atoms with E-state index in [1.54, 1.807) is 24.7 Å². The Kier molecular flexibility index (Phi) is 4.39. The number of carbonyl (C=O) groups is 1. The molecule has 3 aromatic heterocycles. The number of rotatable bonds is 2. The smallest absolute Gasteiger partial charge is 0.415 e. The Morgan fingerprint density at radius 2 is 1.96 bits per heavy atom. The third kappa shape index (κ3) is 3.35. The molecule has 26 heavy (non-hydrogen) atoms. The van der Waals surface area contributed by atoms with Crippen LogP contribution in [-0.2, 0) is 11.8 Å². The maximum absolute atomic E-state index is 12.5. The van der Waals surface area contributed by atoms with Crippen LogP contribution < -0.4 is 9.40 Å². The first-order valence-corrected chi connectivity index (χ1v) is 12.9. The van der Waals surface area contributed by atoms with Gasteiger partial charge in [0.25, 0.3) is 0 Å². The third-order valence-electron chi connectivity index (χ3n) is 4.03. The minimum atomic E-state index is -1.46. The highest BCUT2D eigenvalue weighted by Crippen LogP contribution is 2.33. The van der Waals surface area contributed by atoms with Gasteiger partial charge in [0.2, 0.25) is 0 Å². The van der Waals surface area contributed by atoms with Gasteiger partial charge in [-0.1, -0.05) is 19.6 Å². The second-order valence-electron chi connectivity index (χ2n) is 8.60. The summed E-state index contributed by atoms with van der Waals surface area (Å²) in [7, 11) is 2.20. The molecule has 0 N–H and O–H groups in total. The van der Waals surface area contributed by atoms with Crippen LogP contribution in [0, 0.1) is 0 Å². The normalized spacial score (nSPS) is 12.8. The molecular weight excluding hydrogens is 364 g/mol. The quantitative estimate of drug-likeness (QED) is 0.618. The van der Waals surface area contributed by atoms with Gasteiger partial charge < -0.3 is 9.30 Å². The number of pyridine rings is 1. The van der Waals surface area contributed by atoms with E-state index in [0.29, 0.717) is 5.82 Å². The topological polar surface area (TPSA) is 60.3 Å². The summed E-state index contributed by atoms with van der Waals surface area (Å²) in [6, 6.07) is 2.17. The van der Waals surface area contributed by atoms with Crippen molar-refractivity contribution >= 4 is 57.1 Å². The summed E-state index contributed by atoms with van der Waals surface area (Å²) in [5.74, 6) is 0.530. The number of anilines is 1. The van der Waals surface area contributed by atoms with Crippen molar-refractivity contribution in [2.75, 3.05) is 11.9 Å². The highest BCUT2D eigenvalue weighted by molar-refractivity contribution is 7.32. The van der Waals surface area contributed by atoms with Crippen LogP contribution in [0.25, 0.3) is 21.3 Å². The van der Waals surface area contributed by atoms with Gasteiger partial charge >= 0.3 is 6.09 Å². The Labute approximate surface area is 158 Å². The first-order chi connectivity index (χ1) is 11.9.